The number of hydrogen-bond donors (Lipinski definition) is 3. The van der Waals surface area contributed by atoms with Crippen molar-refractivity contribution in [1.29, 1.82) is 0 Å². The summed E-state index contributed by atoms with van der Waals surface area (Å²) in [5.41, 5.74) is 2.78. The van der Waals surface area contributed by atoms with Crippen LogP contribution >= 0.6 is 0 Å². The largest absolute Gasteiger partial charge is 0.486 e. The summed E-state index contributed by atoms with van der Waals surface area (Å²) < 4.78 is 17.7. The van der Waals surface area contributed by atoms with Crippen LogP contribution in [0.2, 0.25) is 0 Å². The van der Waals surface area contributed by atoms with E-state index in [2.05, 4.69) is 20.7 Å². The standard InChI is InChI=1S/C35H41N5O6/c1-22-18-40(23(2)21-41)34(42)29-12-9-13-30(36-35(43)37-32-24(3)38-46-25(32)4)33(29)45-31(22)20-39(5)19-26-14-16-28(17-15-26)44-27-10-7-6-8-11-27/h6-17,22-23,31,41H,18-21H2,1-5H3,(H2,36,37,43)/t22-,23-,31-/m0/s1. The van der Waals surface area contributed by atoms with Crippen LogP contribution in [0.4, 0.5) is 16.2 Å². The third-order valence-electron chi connectivity index (χ3n) is 8.06. The number of aryl methyl sites for hydroxylation is 2. The van der Waals surface area contributed by atoms with Crippen LogP contribution in [-0.2, 0) is 6.54 Å². The molecular weight excluding hydrogens is 586 g/mol. The molecule has 0 spiro atoms. The van der Waals surface area contributed by atoms with Gasteiger partial charge in [0.1, 0.15) is 29.0 Å². The molecular formula is C35H41N5O6. The van der Waals surface area contributed by atoms with Crippen LogP contribution in [0.5, 0.6) is 17.2 Å². The predicted molar refractivity (Wildman–Crippen MR) is 176 cm³/mol. The zero-order valence-electron chi connectivity index (χ0n) is 26.8. The van der Waals surface area contributed by atoms with Crippen molar-refractivity contribution >= 4 is 23.3 Å². The van der Waals surface area contributed by atoms with Crippen molar-refractivity contribution in [3.8, 4) is 17.2 Å². The van der Waals surface area contributed by atoms with Crippen LogP contribution in [0.3, 0.4) is 0 Å². The van der Waals surface area contributed by atoms with E-state index >= 15 is 0 Å². The van der Waals surface area contributed by atoms with Crippen molar-refractivity contribution in [1.82, 2.24) is 15.0 Å². The number of carbonyl (C=O) groups is 2. The smallest absolute Gasteiger partial charge is 0.323 e. The molecule has 3 atom stereocenters. The van der Waals surface area contributed by atoms with Crippen molar-refractivity contribution < 1.29 is 28.7 Å². The second-order valence-corrected chi connectivity index (χ2v) is 11.8. The van der Waals surface area contributed by atoms with E-state index in [1.807, 2.05) is 75.5 Å². The molecule has 1 aromatic heterocycles. The fourth-order valence-electron chi connectivity index (χ4n) is 5.46. The average Bonchev–Trinajstić information content (AvgIpc) is 3.36. The molecule has 0 aliphatic carbocycles. The zero-order valence-corrected chi connectivity index (χ0v) is 26.8. The van der Waals surface area contributed by atoms with Gasteiger partial charge in [-0.1, -0.05) is 48.5 Å². The van der Waals surface area contributed by atoms with Crippen molar-refractivity contribution in [3.05, 3.63) is 95.4 Å². The first-order valence-electron chi connectivity index (χ1n) is 15.4. The number of benzene rings is 3. The highest BCUT2D eigenvalue weighted by molar-refractivity contribution is 6.04. The number of urea groups is 1. The maximum absolute atomic E-state index is 13.8. The first-order chi connectivity index (χ1) is 22.1. The first-order valence-corrected chi connectivity index (χ1v) is 15.4. The molecule has 242 valence electrons. The molecule has 0 saturated carbocycles. The Bertz CT molecular complexity index is 1620. The summed E-state index contributed by atoms with van der Waals surface area (Å²) >= 11 is 0. The molecule has 0 fully saturated rings. The number of nitrogens with zero attached hydrogens (tertiary/aromatic N) is 3. The fraction of sp³-hybridized carbons (Fsp3) is 0.343. The monoisotopic (exact) mass is 627 g/mol. The molecule has 3 amide bonds. The number of ether oxygens (including phenoxy) is 2. The van der Waals surface area contributed by atoms with E-state index in [9.17, 15) is 14.7 Å². The molecule has 0 unspecified atom stereocenters. The van der Waals surface area contributed by atoms with Gasteiger partial charge in [-0.25, -0.2) is 4.79 Å². The number of aliphatic hydroxyl groups excluding tert-OH is 1. The Kier molecular flexibility index (Phi) is 10.2. The quantitative estimate of drug-likeness (QED) is 0.193. The Hall–Kier alpha value is -4.87. The molecule has 4 aromatic rings. The van der Waals surface area contributed by atoms with E-state index in [0.29, 0.717) is 48.0 Å². The minimum atomic E-state index is -0.525. The maximum Gasteiger partial charge on any atom is 0.323 e. The summed E-state index contributed by atoms with van der Waals surface area (Å²) in [7, 11) is 2.02. The lowest BCUT2D eigenvalue weighted by atomic mass is 9.99. The molecule has 0 bridgehead atoms. The number of hydrogen-bond acceptors (Lipinski definition) is 8. The molecule has 0 saturated heterocycles. The number of amides is 3. The van der Waals surface area contributed by atoms with Gasteiger partial charge in [0.05, 0.1) is 23.9 Å². The number of aliphatic hydroxyl groups is 1. The summed E-state index contributed by atoms with van der Waals surface area (Å²) in [5.74, 6) is 1.92. The molecule has 5 rings (SSSR count). The molecule has 11 nitrogen and oxygen atoms in total. The second-order valence-electron chi connectivity index (χ2n) is 11.8. The fourth-order valence-corrected chi connectivity index (χ4v) is 5.46. The Balaban J connectivity index is 1.35. The lowest BCUT2D eigenvalue weighted by molar-refractivity contribution is 0.0343. The Labute approximate surface area is 269 Å². The second kappa shape index (κ2) is 14.5. The normalized spacial score (nSPS) is 17.0. The highest BCUT2D eigenvalue weighted by atomic mass is 16.5. The van der Waals surface area contributed by atoms with Gasteiger partial charge < -0.3 is 34.6 Å². The number of likely N-dealkylation sites (N-methyl/N-ethyl adjacent to an activating group) is 1. The molecule has 0 radical (unpaired) electrons. The topological polar surface area (TPSA) is 129 Å². The van der Waals surface area contributed by atoms with Gasteiger partial charge in [-0.2, -0.15) is 0 Å². The van der Waals surface area contributed by atoms with Gasteiger partial charge in [0.25, 0.3) is 5.91 Å². The number of fused-ring (bicyclic) bond motifs is 1. The highest BCUT2D eigenvalue weighted by Gasteiger charge is 2.34. The van der Waals surface area contributed by atoms with Gasteiger partial charge in [0.15, 0.2) is 11.5 Å². The first kappa shape index (κ1) is 32.5. The molecule has 1 aliphatic heterocycles. The Morgan fingerprint density at radius 1 is 1.07 bits per heavy atom. The highest BCUT2D eigenvalue weighted by Crippen LogP contribution is 2.35. The van der Waals surface area contributed by atoms with Gasteiger partial charge in [-0.3, -0.25) is 9.69 Å². The molecule has 2 heterocycles. The summed E-state index contributed by atoms with van der Waals surface area (Å²) in [6, 6.07) is 21.8. The van der Waals surface area contributed by atoms with E-state index < -0.39 is 12.1 Å². The Morgan fingerprint density at radius 2 is 1.78 bits per heavy atom. The minimum absolute atomic E-state index is 0.0978. The number of aromatic nitrogens is 1. The van der Waals surface area contributed by atoms with E-state index in [1.165, 1.54) is 0 Å². The third kappa shape index (κ3) is 7.67. The maximum atomic E-state index is 13.8. The van der Waals surface area contributed by atoms with Crippen LogP contribution < -0.4 is 20.1 Å². The molecule has 46 heavy (non-hydrogen) atoms. The van der Waals surface area contributed by atoms with Gasteiger partial charge in [-0.15, -0.1) is 0 Å². The lowest BCUT2D eigenvalue weighted by Gasteiger charge is -2.38. The summed E-state index contributed by atoms with van der Waals surface area (Å²) in [6.45, 7) is 8.70. The number of rotatable bonds is 10. The van der Waals surface area contributed by atoms with Crippen LogP contribution in [0.15, 0.2) is 77.3 Å². The summed E-state index contributed by atoms with van der Waals surface area (Å²) in [4.78, 5) is 30.7. The Morgan fingerprint density at radius 3 is 2.46 bits per heavy atom. The van der Waals surface area contributed by atoms with Crippen LogP contribution in [0.1, 0.15) is 41.2 Å². The molecule has 1 aliphatic rings. The zero-order chi connectivity index (χ0) is 32.8. The number of carbonyl (C=O) groups excluding carboxylic acids is 2. The van der Waals surface area contributed by atoms with Gasteiger partial charge in [0, 0.05) is 25.6 Å². The van der Waals surface area contributed by atoms with Crippen molar-refractivity contribution in [3.63, 3.8) is 0 Å². The summed E-state index contributed by atoms with van der Waals surface area (Å²) in [6.07, 6.45) is -0.348. The van der Waals surface area contributed by atoms with Gasteiger partial charge in [-0.05, 0) is 69.8 Å². The van der Waals surface area contributed by atoms with Gasteiger partial charge >= 0.3 is 6.03 Å². The predicted octanol–water partition coefficient (Wildman–Crippen LogP) is 6.08. The summed E-state index contributed by atoms with van der Waals surface area (Å²) in [5, 5.41) is 19.5. The van der Waals surface area contributed by atoms with E-state index in [0.717, 1.165) is 17.1 Å². The van der Waals surface area contributed by atoms with Crippen molar-refractivity contribution in [2.45, 2.75) is 46.4 Å². The molecule has 3 aromatic carbocycles. The van der Waals surface area contributed by atoms with E-state index in [4.69, 9.17) is 14.0 Å². The van der Waals surface area contributed by atoms with Crippen LogP contribution in [-0.4, -0.2) is 70.9 Å². The van der Waals surface area contributed by atoms with Crippen LogP contribution in [0, 0.1) is 19.8 Å². The van der Waals surface area contributed by atoms with Crippen molar-refractivity contribution in [2.24, 2.45) is 5.92 Å². The number of anilines is 2. The third-order valence-corrected chi connectivity index (χ3v) is 8.06. The molecule has 3 N–H and O–H groups in total. The van der Waals surface area contributed by atoms with E-state index in [1.54, 1.807) is 36.9 Å². The number of para-hydroxylation sites is 2. The lowest BCUT2D eigenvalue weighted by Crippen LogP contribution is -2.49. The average molecular weight is 628 g/mol. The van der Waals surface area contributed by atoms with E-state index in [-0.39, 0.29) is 30.3 Å². The van der Waals surface area contributed by atoms with Crippen LogP contribution in [0.25, 0.3) is 0 Å². The van der Waals surface area contributed by atoms with Gasteiger partial charge in [0.2, 0.25) is 0 Å². The molecule has 11 heteroatoms. The SMILES string of the molecule is Cc1noc(C)c1NC(=O)Nc1cccc2c1O[C@@H](CN(C)Cc1ccc(Oc3ccccc3)cc1)[C@@H](C)CN([C@@H](C)CO)C2=O. The number of nitrogens with one attached hydrogen (secondary N) is 2. The minimum Gasteiger partial charge on any atom is -0.486 e. The van der Waals surface area contributed by atoms with Crippen molar-refractivity contribution in [2.75, 3.05) is 37.4 Å².